The number of thioether (sulfide) groups is 1. The predicted octanol–water partition coefficient (Wildman–Crippen LogP) is 3.66. The van der Waals surface area contributed by atoms with Crippen LogP contribution in [0.15, 0.2) is 23.3 Å². The molecule has 1 heterocycles. The van der Waals surface area contributed by atoms with E-state index >= 15 is 0 Å². The third-order valence-corrected chi connectivity index (χ3v) is 4.89. The lowest BCUT2D eigenvalue weighted by atomic mass is 10.0. The number of ether oxygens (including phenoxy) is 1. The average Bonchev–Trinajstić information content (AvgIpc) is 3.37. The van der Waals surface area contributed by atoms with Gasteiger partial charge in [-0.3, -0.25) is 0 Å². The van der Waals surface area contributed by atoms with Crippen LogP contribution >= 0.6 is 11.8 Å². The molecule has 1 amide bonds. The summed E-state index contributed by atoms with van der Waals surface area (Å²) in [7, 11) is 0. The average molecular weight is 359 g/mol. The summed E-state index contributed by atoms with van der Waals surface area (Å²) in [6, 6.07) is 3.98. The fourth-order valence-electron chi connectivity index (χ4n) is 2.47. The van der Waals surface area contributed by atoms with Crippen molar-refractivity contribution < 1.29 is 22.7 Å². The van der Waals surface area contributed by atoms with Gasteiger partial charge in [0, 0.05) is 11.3 Å². The zero-order valence-corrected chi connectivity index (χ0v) is 13.6. The van der Waals surface area contributed by atoms with Crippen molar-refractivity contribution in [3.63, 3.8) is 0 Å². The molecule has 0 bridgehead atoms. The van der Waals surface area contributed by atoms with Gasteiger partial charge < -0.3 is 10.1 Å². The third-order valence-electron chi connectivity index (χ3n) is 3.88. The van der Waals surface area contributed by atoms with Crippen molar-refractivity contribution >= 4 is 29.3 Å². The Labute approximate surface area is 141 Å². The highest BCUT2D eigenvalue weighted by molar-refractivity contribution is 7.99. The van der Waals surface area contributed by atoms with E-state index in [0.717, 1.165) is 18.9 Å². The summed E-state index contributed by atoms with van der Waals surface area (Å²) in [4.78, 5) is 10.9. The number of halogens is 3. The second-order valence-electron chi connectivity index (χ2n) is 5.64. The standard InChI is InChI=1S/C15H16F3N3O2S/c1-24-13(8-2-3-8)19-11-5-4-9(6-10(11)15(16,17)18)12-7-23-14(22)21-20-12/h4-6,8,13,19H,2-3,7H2,1H3,(H,21,22). The molecule has 9 heteroatoms. The van der Waals surface area contributed by atoms with E-state index in [-0.39, 0.29) is 28.9 Å². The Bertz CT molecular complexity index is 674. The maximum atomic E-state index is 13.4. The molecule has 0 aromatic heterocycles. The zero-order valence-electron chi connectivity index (χ0n) is 12.8. The van der Waals surface area contributed by atoms with Crippen LogP contribution in [0.1, 0.15) is 24.0 Å². The Morgan fingerprint density at radius 1 is 1.42 bits per heavy atom. The van der Waals surface area contributed by atoms with Crippen molar-refractivity contribution in [2.45, 2.75) is 24.4 Å². The second kappa shape index (κ2) is 6.54. The smallest absolute Gasteiger partial charge is 0.428 e. The lowest BCUT2D eigenvalue weighted by Crippen LogP contribution is -2.31. The van der Waals surface area contributed by atoms with E-state index in [1.807, 2.05) is 6.26 Å². The molecular formula is C15H16F3N3O2S. The first-order valence-corrected chi connectivity index (χ1v) is 8.67. The molecule has 1 unspecified atom stereocenters. The van der Waals surface area contributed by atoms with E-state index in [9.17, 15) is 18.0 Å². The van der Waals surface area contributed by atoms with Crippen molar-refractivity contribution in [2.75, 3.05) is 18.2 Å². The molecule has 2 aliphatic rings. The van der Waals surface area contributed by atoms with Crippen molar-refractivity contribution in [1.82, 2.24) is 5.43 Å². The number of hydrogen-bond acceptors (Lipinski definition) is 5. The number of nitrogens with zero attached hydrogens (tertiary/aromatic N) is 1. The summed E-state index contributed by atoms with van der Waals surface area (Å²) in [6.07, 6.45) is -1.27. The minimum Gasteiger partial charge on any atom is -0.442 e. The number of carbonyl (C=O) groups excluding carboxylic acids is 1. The number of benzene rings is 1. The number of rotatable bonds is 5. The normalized spacial score (nSPS) is 19.2. The summed E-state index contributed by atoms with van der Waals surface area (Å²) in [5, 5.41) is 6.72. The van der Waals surface area contributed by atoms with Gasteiger partial charge in [-0.1, -0.05) is 6.07 Å². The Kier molecular flexibility index (Phi) is 4.62. The van der Waals surface area contributed by atoms with Crippen molar-refractivity contribution in [1.29, 1.82) is 0 Å². The number of nitrogens with one attached hydrogen (secondary N) is 2. The van der Waals surface area contributed by atoms with E-state index in [2.05, 4.69) is 15.8 Å². The molecule has 1 fully saturated rings. The van der Waals surface area contributed by atoms with Crippen LogP contribution in [-0.4, -0.2) is 30.0 Å². The quantitative estimate of drug-likeness (QED) is 0.788. The molecule has 2 N–H and O–H groups in total. The SMILES string of the molecule is CSC(Nc1ccc(C2=NNC(=O)OC2)cc1C(F)(F)F)C1CC1. The Morgan fingerprint density at radius 3 is 2.71 bits per heavy atom. The number of hydrogen-bond donors (Lipinski definition) is 2. The Balaban J connectivity index is 1.90. The first kappa shape index (κ1) is 16.9. The van der Waals surface area contributed by atoms with Crippen LogP contribution < -0.4 is 10.7 Å². The molecule has 5 nitrogen and oxygen atoms in total. The lowest BCUT2D eigenvalue weighted by molar-refractivity contribution is -0.137. The van der Waals surface area contributed by atoms with Crippen molar-refractivity contribution in [2.24, 2.45) is 11.0 Å². The molecule has 1 aromatic carbocycles. The summed E-state index contributed by atoms with van der Waals surface area (Å²) in [5.74, 6) is 0.409. The molecule has 0 saturated heterocycles. The van der Waals surface area contributed by atoms with E-state index in [0.29, 0.717) is 5.92 Å². The summed E-state index contributed by atoms with van der Waals surface area (Å²) in [6.45, 7) is -0.161. The van der Waals surface area contributed by atoms with Gasteiger partial charge in [-0.2, -0.15) is 18.3 Å². The molecule has 1 atom stereocenters. The van der Waals surface area contributed by atoms with Crippen LogP contribution in [0.4, 0.5) is 23.7 Å². The van der Waals surface area contributed by atoms with Crippen LogP contribution in [0.5, 0.6) is 0 Å². The maximum absolute atomic E-state index is 13.4. The number of cyclic esters (lactones) is 1. The fourth-order valence-corrected chi connectivity index (χ4v) is 3.37. The van der Waals surface area contributed by atoms with Gasteiger partial charge in [-0.15, -0.1) is 11.8 Å². The van der Waals surface area contributed by atoms with Gasteiger partial charge in [0.2, 0.25) is 0 Å². The molecule has 1 aromatic rings. The van der Waals surface area contributed by atoms with E-state index in [1.165, 1.54) is 17.8 Å². The number of hydrazone groups is 1. The molecular weight excluding hydrogens is 343 g/mol. The minimum atomic E-state index is -4.50. The number of alkyl halides is 3. The summed E-state index contributed by atoms with van der Waals surface area (Å²) in [5.41, 5.74) is 1.91. The van der Waals surface area contributed by atoms with Crippen molar-refractivity contribution in [3.05, 3.63) is 29.3 Å². The second-order valence-corrected chi connectivity index (χ2v) is 6.62. The molecule has 3 rings (SSSR count). The number of carbonyl (C=O) groups is 1. The third kappa shape index (κ3) is 3.77. The van der Waals surface area contributed by atoms with E-state index in [4.69, 9.17) is 4.74 Å². The van der Waals surface area contributed by atoms with Gasteiger partial charge in [-0.05, 0) is 37.1 Å². The molecule has 0 radical (unpaired) electrons. The molecule has 24 heavy (non-hydrogen) atoms. The highest BCUT2D eigenvalue weighted by Gasteiger charge is 2.37. The van der Waals surface area contributed by atoms with Crippen LogP contribution in [0.3, 0.4) is 0 Å². The molecule has 0 spiro atoms. The summed E-state index contributed by atoms with van der Waals surface area (Å²) < 4.78 is 45.1. The van der Waals surface area contributed by atoms with Gasteiger partial charge in [0.15, 0.2) is 0 Å². The van der Waals surface area contributed by atoms with Gasteiger partial charge in [-0.25, -0.2) is 10.2 Å². The van der Waals surface area contributed by atoms with Crippen molar-refractivity contribution in [3.8, 4) is 0 Å². The topological polar surface area (TPSA) is 62.7 Å². The monoisotopic (exact) mass is 359 g/mol. The fraction of sp³-hybridized carbons (Fsp3) is 0.467. The predicted molar refractivity (Wildman–Crippen MR) is 86.1 cm³/mol. The molecule has 130 valence electrons. The van der Waals surface area contributed by atoms with Gasteiger partial charge in [0.05, 0.1) is 10.9 Å². The highest BCUT2D eigenvalue weighted by Crippen LogP contribution is 2.41. The zero-order chi connectivity index (χ0) is 17.3. The molecule has 1 saturated carbocycles. The first-order chi connectivity index (χ1) is 11.4. The van der Waals surface area contributed by atoms with Crippen LogP contribution in [-0.2, 0) is 10.9 Å². The molecule has 1 aliphatic heterocycles. The number of amides is 1. The Hall–Kier alpha value is -1.90. The van der Waals surface area contributed by atoms with Crippen LogP contribution in [0.2, 0.25) is 0 Å². The lowest BCUT2D eigenvalue weighted by Gasteiger charge is -2.22. The molecule has 1 aliphatic carbocycles. The Morgan fingerprint density at radius 2 is 2.17 bits per heavy atom. The van der Waals surface area contributed by atoms with Gasteiger partial charge in [0.25, 0.3) is 0 Å². The first-order valence-electron chi connectivity index (χ1n) is 7.39. The highest BCUT2D eigenvalue weighted by atomic mass is 32.2. The van der Waals surface area contributed by atoms with Gasteiger partial charge >= 0.3 is 12.3 Å². The van der Waals surface area contributed by atoms with Crippen LogP contribution in [0, 0.1) is 5.92 Å². The van der Waals surface area contributed by atoms with Gasteiger partial charge in [0.1, 0.15) is 12.3 Å². The van der Waals surface area contributed by atoms with E-state index < -0.39 is 17.8 Å². The largest absolute Gasteiger partial charge is 0.442 e. The van der Waals surface area contributed by atoms with E-state index in [1.54, 1.807) is 6.07 Å². The summed E-state index contributed by atoms with van der Waals surface area (Å²) >= 11 is 1.52. The minimum absolute atomic E-state index is 0.0356. The maximum Gasteiger partial charge on any atom is 0.428 e. The number of anilines is 1. The van der Waals surface area contributed by atoms with Crippen LogP contribution in [0.25, 0.3) is 0 Å².